The van der Waals surface area contributed by atoms with E-state index >= 15 is 0 Å². The minimum atomic E-state index is -1.17. The van der Waals surface area contributed by atoms with E-state index in [0.29, 0.717) is 41.7 Å². The molecule has 1 aliphatic heterocycles. The molecule has 2 N–H and O–H groups in total. The van der Waals surface area contributed by atoms with Crippen molar-refractivity contribution in [3.63, 3.8) is 0 Å². The molecule has 2 heterocycles. The van der Waals surface area contributed by atoms with Crippen LogP contribution in [0.1, 0.15) is 47.1 Å². The maximum Gasteiger partial charge on any atom is 0.217 e. The SMILES string of the molecule is COc1nc2ccc(F)cc2cc1C(c1ccc(SC)cc1)C1(O)CCNC(c2ccc(F)cc2C)C1. The molecule has 0 spiro atoms. The van der Waals surface area contributed by atoms with E-state index in [1.165, 1.54) is 24.3 Å². The number of aryl methyl sites for hydroxylation is 1. The second kappa shape index (κ2) is 10.4. The number of methoxy groups -OCH3 is 1. The molecule has 0 radical (unpaired) electrons. The number of hydrogen-bond donors (Lipinski definition) is 2. The largest absolute Gasteiger partial charge is 0.481 e. The molecule has 1 aromatic heterocycles. The zero-order valence-electron chi connectivity index (χ0n) is 21.1. The fourth-order valence-electron chi connectivity index (χ4n) is 5.59. The third-order valence-electron chi connectivity index (χ3n) is 7.37. The number of rotatable bonds is 6. The van der Waals surface area contributed by atoms with Crippen molar-refractivity contribution in [1.29, 1.82) is 0 Å². The molecule has 4 aromatic rings. The number of nitrogens with one attached hydrogen (secondary N) is 1. The van der Waals surface area contributed by atoms with Crippen LogP contribution in [0.4, 0.5) is 8.78 Å². The Bertz CT molecular complexity index is 1430. The van der Waals surface area contributed by atoms with E-state index in [4.69, 9.17) is 4.74 Å². The summed E-state index contributed by atoms with van der Waals surface area (Å²) in [4.78, 5) is 5.80. The first-order chi connectivity index (χ1) is 17.8. The fourth-order valence-corrected chi connectivity index (χ4v) is 6.00. The number of fused-ring (bicyclic) bond motifs is 1. The summed E-state index contributed by atoms with van der Waals surface area (Å²) in [5, 5.41) is 16.6. The molecular formula is C30H30F2N2O2S. The smallest absolute Gasteiger partial charge is 0.217 e. The normalized spacial score (nSPS) is 20.6. The number of aliphatic hydroxyl groups is 1. The standard InChI is InChI=1S/C30H30F2N2O2S/c1-18-14-21(31)6-10-24(18)27-17-30(35,12-13-33-27)28(19-4-8-23(37-3)9-5-19)25-16-20-15-22(32)7-11-26(20)34-29(25)36-2/h4-11,14-16,27-28,33,35H,12-13,17H2,1-3H3. The van der Waals surface area contributed by atoms with E-state index in [-0.39, 0.29) is 17.7 Å². The summed E-state index contributed by atoms with van der Waals surface area (Å²) in [5.74, 6) is -0.708. The highest BCUT2D eigenvalue weighted by Crippen LogP contribution is 2.47. The van der Waals surface area contributed by atoms with Gasteiger partial charge in [0.2, 0.25) is 5.88 Å². The van der Waals surface area contributed by atoms with Gasteiger partial charge in [-0.15, -0.1) is 11.8 Å². The second-order valence-electron chi connectivity index (χ2n) is 9.70. The zero-order chi connectivity index (χ0) is 26.2. The Morgan fingerprint density at radius 1 is 1.05 bits per heavy atom. The van der Waals surface area contributed by atoms with E-state index < -0.39 is 11.5 Å². The van der Waals surface area contributed by atoms with Gasteiger partial charge in [-0.1, -0.05) is 18.2 Å². The predicted molar refractivity (Wildman–Crippen MR) is 144 cm³/mol. The van der Waals surface area contributed by atoms with Gasteiger partial charge in [0, 0.05) is 27.8 Å². The first-order valence-corrected chi connectivity index (χ1v) is 13.5. The number of piperidine rings is 1. The molecule has 192 valence electrons. The van der Waals surface area contributed by atoms with E-state index in [0.717, 1.165) is 21.6 Å². The van der Waals surface area contributed by atoms with Crippen LogP contribution in [-0.2, 0) is 0 Å². The van der Waals surface area contributed by atoms with Gasteiger partial charge in [-0.05, 0) is 97.8 Å². The van der Waals surface area contributed by atoms with Crippen molar-refractivity contribution < 1.29 is 18.6 Å². The fraction of sp³-hybridized carbons (Fsp3) is 0.300. The lowest BCUT2D eigenvalue weighted by atomic mass is 9.70. The average molecular weight is 521 g/mol. The molecule has 3 aromatic carbocycles. The van der Waals surface area contributed by atoms with Crippen molar-refractivity contribution in [3.05, 3.63) is 101 Å². The van der Waals surface area contributed by atoms with Crippen molar-refractivity contribution in [2.45, 2.75) is 42.2 Å². The zero-order valence-corrected chi connectivity index (χ0v) is 21.9. The molecule has 3 atom stereocenters. The Kier molecular flexibility index (Phi) is 7.21. The van der Waals surface area contributed by atoms with Crippen molar-refractivity contribution in [2.75, 3.05) is 19.9 Å². The van der Waals surface area contributed by atoms with Crippen molar-refractivity contribution >= 4 is 22.7 Å². The summed E-state index contributed by atoms with van der Waals surface area (Å²) in [7, 11) is 1.56. The molecule has 0 saturated carbocycles. The summed E-state index contributed by atoms with van der Waals surface area (Å²) in [6.07, 6.45) is 2.91. The van der Waals surface area contributed by atoms with E-state index in [2.05, 4.69) is 10.3 Å². The number of thioether (sulfide) groups is 1. The number of nitrogens with zero attached hydrogens (tertiary/aromatic N) is 1. The maximum atomic E-state index is 14.1. The molecule has 0 bridgehead atoms. The molecular weight excluding hydrogens is 490 g/mol. The van der Waals surface area contributed by atoms with Gasteiger partial charge < -0.3 is 15.2 Å². The average Bonchev–Trinajstić information content (AvgIpc) is 2.88. The highest BCUT2D eigenvalue weighted by molar-refractivity contribution is 7.98. The van der Waals surface area contributed by atoms with Gasteiger partial charge in [0.05, 0.1) is 18.2 Å². The van der Waals surface area contributed by atoms with Crippen LogP contribution in [0.5, 0.6) is 5.88 Å². The van der Waals surface area contributed by atoms with Crippen LogP contribution in [0.3, 0.4) is 0 Å². The van der Waals surface area contributed by atoms with E-state index in [9.17, 15) is 13.9 Å². The lowest BCUT2D eigenvalue weighted by Gasteiger charge is -2.44. The highest BCUT2D eigenvalue weighted by atomic mass is 32.2. The van der Waals surface area contributed by atoms with Crippen LogP contribution in [0.2, 0.25) is 0 Å². The summed E-state index contributed by atoms with van der Waals surface area (Å²) >= 11 is 1.65. The molecule has 1 fully saturated rings. The molecule has 7 heteroatoms. The minimum Gasteiger partial charge on any atom is -0.481 e. The first kappa shape index (κ1) is 25.6. The van der Waals surface area contributed by atoms with Gasteiger partial charge in [-0.2, -0.15) is 0 Å². The number of ether oxygens (including phenoxy) is 1. The number of aromatic nitrogens is 1. The molecule has 0 aliphatic carbocycles. The van der Waals surface area contributed by atoms with Gasteiger partial charge in [-0.3, -0.25) is 0 Å². The van der Waals surface area contributed by atoms with Gasteiger partial charge in [0.1, 0.15) is 11.6 Å². The van der Waals surface area contributed by atoms with Crippen LogP contribution >= 0.6 is 11.8 Å². The number of benzene rings is 3. The number of pyridine rings is 1. The number of hydrogen-bond acceptors (Lipinski definition) is 5. The van der Waals surface area contributed by atoms with Crippen LogP contribution in [-0.4, -0.2) is 35.6 Å². The molecule has 1 aliphatic rings. The molecule has 0 amide bonds. The summed E-state index contributed by atoms with van der Waals surface area (Å²) < 4.78 is 33.7. The highest BCUT2D eigenvalue weighted by Gasteiger charge is 2.44. The van der Waals surface area contributed by atoms with Crippen LogP contribution in [0.25, 0.3) is 10.9 Å². The molecule has 4 nitrogen and oxygen atoms in total. The van der Waals surface area contributed by atoms with Crippen LogP contribution in [0, 0.1) is 18.6 Å². The van der Waals surface area contributed by atoms with Gasteiger partial charge in [-0.25, -0.2) is 13.8 Å². The predicted octanol–water partition coefficient (Wildman–Crippen LogP) is 6.54. The maximum absolute atomic E-state index is 14.1. The Hall–Kier alpha value is -3.00. The molecule has 5 rings (SSSR count). The molecule has 37 heavy (non-hydrogen) atoms. The monoisotopic (exact) mass is 520 g/mol. The van der Waals surface area contributed by atoms with Crippen LogP contribution < -0.4 is 10.1 Å². The van der Waals surface area contributed by atoms with Gasteiger partial charge >= 0.3 is 0 Å². The van der Waals surface area contributed by atoms with Crippen LogP contribution in [0.15, 0.2) is 71.6 Å². The Labute approximate surface area is 220 Å². The first-order valence-electron chi connectivity index (χ1n) is 12.3. The van der Waals surface area contributed by atoms with E-state index in [1.807, 2.05) is 43.5 Å². The third kappa shape index (κ3) is 5.08. The summed E-state index contributed by atoms with van der Waals surface area (Å²) in [6, 6.07) is 19.1. The Balaban J connectivity index is 1.66. The minimum absolute atomic E-state index is 0.163. The summed E-state index contributed by atoms with van der Waals surface area (Å²) in [5.41, 5.74) is 2.87. The van der Waals surface area contributed by atoms with Gasteiger partial charge in [0.25, 0.3) is 0 Å². The van der Waals surface area contributed by atoms with Crippen molar-refractivity contribution in [2.24, 2.45) is 0 Å². The third-order valence-corrected chi connectivity index (χ3v) is 8.12. The van der Waals surface area contributed by atoms with Crippen molar-refractivity contribution in [3.8, 4) is 5.88 Å². The quantitative estimate of drug-likeness (QED) is 0.283. The Morgan fingerprint density at radius 2 is 1.78 bits per heavy atom. The lowest BCUT2D eigenvalue weighted by Crippen LogP contribution is -2.48. The van der Waals surface area contributed by atoms with Gasteiger partial charge in [0.15, 0.2) is 0 Å². The second-order valence-corrected chi connectivity index (χ2v) is 10.6. The molecule has 1 saturated heterocycles. The lowest BCUT2D eigenvalue weighted by molar-refractivity contribution is -0.0197. The Morgan fingerprint density at radius 3 is 2.49 bits per heavy atom. The summed E-state index contributed by atoms with van der Waals surface area (Å²) in [6.45, 7) is 2.46. The van der Waals surface area contributed by atoms with Crippen molar-refractivity contribution in [1.82, 2.24) is 10.3 Å². The van der Waals surface area contributed by atoms with E-state index in [1.54, 1.807) is 31.0 Å². The molecule has 3 unspecified atom stereocenters. The number of halogens is 2. The topological polar surface area (TPSA) is 54.4 Å².